The number of nitrogens with zero attached hydrogens (tertiary/aromatic N) is 2. The van der Waals surface area contributed by atoms with E-state index in [9.17, 15) is 9.50 Å². The Bertz CT molecular complexity index is 864. The van der Waals surface area contributed by atoms with Crippen LogP contribution >= 0.6 is 0 Å². The number of methoxy groups -OCH3 is 1. The third-order valence-corrected chi connectivity index (χ3v) is 5.83. The van der Waals surface area contributed by atoms with E-state index in [1.54, 1.807) is 26.2 Å². The van der Waals surface area contributed by atoms with Crippen molar-refractivity contribution in [2.24, 2.45) is 0 Å². The largest absolute Gasteiger partial charge is 0.493 e. The van der Waals surface area contributed by atoms with Crippen LogP contribution in [0.4, 0.5) is 4.39 Å². The Balaban J connectivity index is 1.50. The smallest absolute Gasteiger partial charge is 0.161 e. The van der Waals surface area contributed by atoms with Crippen LogP contribution in [-0.4, -0.2) is 74.5 Å². The molecule has 1 atom stereocenters. The van der Waals surface area contributed by atoms with Crippen molar-refractivity contribution in [2.45, 2.75) is 32.5 Å². The standard InChI is InChI=1S/C25H36FN3O3/c1-19-5-6-20(13-23(19)26)15-27-16-21-7-8-24(31-3)25(14-21)32-18-22(30)17-29-10-4-9-28(2)11-12-29/h5-8,13-14,22,27,30H,4,9-12,15-18H2,1-3H3. The number of ether oxygens (including phenoxy) is 2. The third-order valence-electron chi connectivity index (χ3n) is 5.83. The van der Waals surface area contributed by atoms with Crippen LogP contribution in [0.2, 0.25) is 0 Å². The lowest BCUT2D eigenvalue weighted by Gasteiger charge is -2.23. The number of nitrogens with one attached hydrogen (secondary N) is 1. The highest BCUT2D eigenvalue weighted by molar-refractivity contribution is 5.43. The Morgan fingerprint density at radius 1 is 1.03 bits per heavy atom. The summed E-state index contributed by atoms with van der Waals surface area (Å²) >= 11 is 0. The van der Waals surface area contributed by atoms with Gasteiger partial charge in [-0.05, 0) is 68.4 Å². The maximum atomic E-state index is 13.7. The number of aryl methyl sites for hydroxylation is 1. The molecule has 1 aliphatic heterocycles. The van der Waals surface area contributed by atoms with Crippen LogP contribution in [0.1, 0.15) is 23.1 Å². The van der Waals surface area contributed by atoms with Gasteiger partial charge in [0.2, 0.25) is 0 Å². The summed E-state index contributed by atoms with van der Waals surface area (Å²) in [6, 6.07) is 11.1. The van der Waals surface area contributed by atoms with Crippen molar-refractivity contribution in [3.63, 3.8) is 0 Å². The summed E-state index contributed by atoms with van der Waals surface area (Å²) in [5, 5.41) is 13.8. The van der Waals surface area contributed by atoms with Gasteiger partial charge in [-0.25, -0.2) is 4.39 Å². The maximum Gasteiger partial charge on any atom is 0.161 e. The quantitative estimate of drug-likeness (QED) is 0.587. The molecule has 2 N–H and O–H groups in total. The van der Waals surface area contributed by atoms with E-state index in [4.69, 9.17) is 9.47 Å². The first-order chi connectivity index (χ1) is 15.4. The predicted octanol–water partition coefficient (Wildman–Crippen LogP) is 2.81. The zero-order valence-corrected chi connectivity index (χ0v) is 19.4. The molecule has 1 fully saturated rings. The number of rotatable bonds is 10. The van der Waals surface area contributed by atoms with Crippen LogP contribution in [0.25, 0.3) is 0 Å². The molecule has 0 aliphatic carbocycles. The molecule has 7 heteroatoms. The number of aliphatic hydroxyl groups excluding tert-OH is 1. The molecule has 6 nitrogen and oxygen atoms in total. The molecule has 2 aromatic carbocycles. The second-order valence-electron chi connectivity index (χ2n) is 8.59. The van der Waals surface area contributed by atoms with E-state index >= 15 is 0 Å². The van der Waals surface area contributed by atoms with Crippen LogP contribution in [0.3, 0.4) is 0 Å². The highest BCUT2D eigenvalue weighted by Gasteiger charge is 2.17. The van der Waals surface area contributed by atoms with Crippen LogP contribution in [-0.2, 0) is 13.1 Å². The zero-order valence-electron chi connectivity index (χ0n) is 19.4. The topological polar surface area (TPSA) is 57.2 Å². The Kier molecular flexibility index (Phi) is 9.29. The van der Waals surface area contributed by atoms with Gasteiger partial charge >= 0.3 is 0 Å². The average molecular weight is 446 g/mol. The number of halogens is 1. The minimum atomic E-state index is -0.568. The van der Waals surface area contributed by atoms with Gasteiger partial charge < -0.3 is 24.8 Å². The molecular formula is C25H36FN3O3. The molecule has 2 aromatic rings. The SMILES string of the molecule is COc1ccc(CNCc2ccc(C)c(F)c2)cc1OCC(O)CN1CCCN(C)CC1. The van der Waals surface area contributed by atoms with Gasteiger partial charge in [0.1, 0.15) is 18.5 Å². The molecule has 176 valence electrons. The summed E-state index contributed by atoms with van der Waals surface area (Å²) in [4.78, 5) is 4.62. The molecule has 32 heavy (non-hydrogen) atoms. The minimum Gasteiger partial charge on any atom is -0.493 e. The second kappa shape index (κ2) is 12.2. The van der Waals surface area contributed by atoms with Gasteiger partial charge in [0.05, 0.1) is 7.11 Å². The fourth-order valence-corrected chi connectivity index (χ4v) is 3.86. The van der Waals surface area contributed by atoms with Gasteiger partial charge in [-0.1, -0.05) is 18.2 Å². The summed E-state index contributed by atoms with van der Waals surface area (Å²) in [6.07, 6.45) is 0.545. The van der Waals surface area contributed by atoms with Crippen molar-refractivity contribution in [1.82, 2.24) is 15.1 Å². The van der Waals surface area contributed by atoms with E-state index in [1.807, 2.05) is 24.3 Å². The fraction of sp³-hybridized carbons (Fsp3) is 0.520. The minimum absolute atomic E-state index is 0.185. The molecule has 0 spiro atoms. The van der Waals surface area contributed by atoms with Crippen molar-refractivity contribution in [2.75, 3.05) is 53.5 Å². The molecular weight excluding hydrogens is 409 g/mol. The maximum absolute atomic E-state index is 13.7. The lowest BCUT2D eigenvalue weighted by molar-refractivity contribution is 0.0685. The van der Waals surface area contributed by atoms with Crippen molar-refractivity contribution in [1.29, 1.82) is 0 Å². The Morgan fingerprint density at radius 3 is 2.53 bits per heavy atom. The van der Waals surface area contributed by atoms with Gasteiger partial charge in [-0.15, -0.1) is 0 Å². The number of aliphatic hydroxyl groups is 1. The summed E-state index contributed by atoms with van der Waals surface area (Å²) < 4.78 is 25.1. The first-order valence-corrected chi connectivity index (χ1v) is 11.3. The lowest BCUT2D eigenvalue weighted by atomic mass is 10.1. The molecule has 1 heterocycles. The van der Waals surface area contributed by atoms with Gasteiger partial charge in [0.15, 0.2) is 11.5 Å². The normalized spacial score (nSPS) is 16.5. The second-order valence-corrected chi connectivity index (χ2v) is 8.59. The average Bonchev–Trinajstić information content (AvgIpc) is 2.98. The summed E-state index contributed by atoms with van der Waals surface area (Å²) in [7, 11) is 3.74. The molecule has 3 rings (SSSR count). The molecule has 0 radical (unpaired) electrons. The van der Waals surface area contributed by atoms with E-state index in [2.05, 4.69) is 22.2 Å². The summed E-state index contributed by atoms with van der Waals surface area (Å²) in [5.41, 5.74) is 2.58. The van der Waals surface area contributed by atoms with E-state index < -0.39 is 6.10 Å². The first kappa shape index (κ1) is 24.5. The van der Waals surface area contributed by atoms with Crippen molar-refractivity contribution in [3.8, 4) is 11.5 Å². The third kappa shape index (κ3) is 7.45. The van der Waals surface area contributed by atoms with Crippen molar-refractivity contribution < 1.29 is 19.0 Å². The molecule has 1 aliphatic rings. The number of hydrogen-bond donors (Lipinski definition) is 2. The van der Waals surface area contributed by atoms with Gasteiger partial charge in [-0.3, -0.25) is 4.90 Å². The van der Waals surface area contributed by atoms with Crippen molar-refractivity contribution in [3.05, 3.63) is 58.9 Å². The van der Waals surface area contributed by atoms with Crippen LogP contribution in [0.15, 0.2) is 36.4 Å². The molecule has 0 aromatic heterocycles. The lowest BCUT2D eigenvalue weighted by Crippen LogP contribution is -2.37. The summed E-state index contributed by atoms with van der Waals surface area (Å²) in [6.45, 7) is 7.83. The highest BCUT2D eigenvalue weighted by Crippen LogP contribution is 2.28. The first-order valence-electron chi connectivity index (χ1n) is 11.3. The van der Waals surface area contributed by atoms with E-state index in [-0.39, 0.29) is 12.4 Å². The number of β-amino-alcohol motifs (C(OH)–C–C–N with tert-alkyl or cyclic N) is 1. The Hall–Kier alpha value is -2.19. The van der Waals surface area contributed by atoms with Crippen LogP contribution in [0.5, 0.6) is 11.5 Å². The van der Waals surface area contributed by atoms with Gasteiger partial charge in [0, 0.05) is 32.7 Å². The number of likely N-dealkylation sites (N-methyl/N-ethyl adjacent to an activating group) is 1. The zero-order chi connectivity index (χ0) is 22.9. The van der Waals surface area contributed by atoms with Gasteiger partial charge in [-0.2, -0.15) is 0 Å². The van der Waals surface area contributed by atoms with Crippen LogP contribution in [0, 0.1) is 12.7 Å². The Labute approximate surface area is 190 Å². The molecule has 0 saturated carbocycles. The monoisotopic (exact) mass is 445 g/mol. The van der Waals surface area contributed by atoms with E-state index in [1.165, 1.54) is 0 Å². The van der Waals surface area contributed by atoms with Crippen molar-refractivity contribution >= 4 is 0 Å². The molecule has 1 unspecified atom stereocenters. The molecule has 0 amide bonds. The summed E-state index contributed by atoms with van der Waals surface area (Å²) in [5.74, 6) is 1.07. The fourth-order valence-electron chi connectivity index (χ4n) is 3.86. The van der Waals surface area contributed by atoms with Gasteiger partial charge in [0.25, 0.3) is 0 Å². The Morgan fingerprint density at radius 2 is 1.78 bits per heavy atom. The number of hydrogen-bond acceptors (Lipinski definition) is 6. The molecule has 1 saturated heterocycles. The number of benzene rings is 2. The molecule has 0 bridgehead atoms. The highest BCUT2D eigenvalue weighted by atomic mass is 19.1. The van der Waals surface area contributed by atoms with Crippen LogP contribution < -0.4 is 14.8 Å². The van der Waals surface area contributed by atoms with E-state index in [0.29, 0.717) is 36.7 Å². The predicted molar refractivity (Wildman–Crippen MR) is 125 cm³/mol. The van der Waals surface area contributed by atoms with E-state index in [0.717, 1.165) is 43.7 Å².